The Morgan fingerprint density at radius 3 is 2.60 bits per heavy atom. The van der Waals surface area contributed by atoms with Gasteiger partial charge in [-0.05, 0) is 54.9 Å². The van der Waals surface area contributed by atoms with Crippen LogP contribution >= 0.6 is 27.7 Å². The van der Waals surface area contributed by atoms with E-state index in [1.165, 1.54) is 24.3 Å². The number of nitrogens with one attached hydrogen (secondary N) is 1. The molecule has 1 aromatic rings. The molecule has 0 spiro atoms. The maximum atomic E-state index is 12.3. The number of hydrogen-bond donors (Lipinski definition) is 2. The highest BCUT2D eigenvalue weighted by atomic mass is 79.9. The Morgan fingerprint density at radius 1 is 1.40 bits per heavy atom. The van der Waals surface area contributed by atoms with Crippen LogP contribution in [0.1, 0.15) is 25.3 Å². The first kappa shape index (κ1) is 15.9. The Kier molecular flexibility index (Phi) is 5.52. The molecule has 1 aliphatic heterocycles. The predicted molar refractivity (Wildman–Crippen MR) is 88.7 cm³/mol. The molecule has 3 nitrogen and oxygen atoms in total. The summed E-state index contributed by atoms with van der Waals surface area (Å²) in [6.45, 7) is 2.50. The van der Waals surface area contributed by atoms with Crippen LogP contribution in [0.3, 0.4) is 0 Å². The van der Waals surface area contributed by atoms with E-state index in [-0.39, 0.29) is 5.91 Å². The first-order valence-electron chi connectivity index (χ1n) is 6.91. The molecule has 1 saturated heterocycles. The topological polar surface area (TPSA) is 55.1 Å². The normalized spacial score (nSPS) is 19.4. The third-order valence-electron chi connectivity index (χ3n) is 3.81. The third kappa shape index (κ3) is 3.99. The minimum absolute atomic E-state index is 0.0990. The van der Waals surface area contributed by atoms with E-state index in [1.807, 2.05) is 36.0 Å². The van der Waals surface area contributed by atoms with E-state index in [0.29, 0.717) is 5.92 Å². The van der Waals surface area contributed by atoms with Crippen molar-refractivity contribution in [2.75, 3.05) is 18.1 Å². The highest BCUT2D eigenvalue weighted by Gasteiger charge is 2.30. The lowest BCUT2D eigenvalue weighted by Crippen LogP contribution is -2.50. The molecular formula is C15H21BrN2OS. The van der Waals surface area contributed by atoms with Gasteiger partial charge in [-0.25, -0.2) is 0 Å². The second kappa shape index (κ2) is 6.96. The molecule has 20 heavy (non-hydrogen) atoms. The highest BCUT2D eigenvalue weighted by Crippen LogP contribution is 2.23. The van der Waals surface area contributed by atoms with Crippen molar-refractivity contribution in [3.05, 3.63) is 34.3 Å². The smallest absolute Gasteiger partial charge is 0.244 e. The fourth-order valence-corrected chi connectivity index (χ4v) is 3.77. The van der Waals surface area contributed by atoms with Gasteiger partial charge in [-0.15, -0.1) is 0 Å². The molecule has 1 atom stereocenters. The standard InChI is InChI=1S/C15H21BrN2OS/c1-15(17,12-2-4-13(16)5-3-12)14(19)18-10-11-6-8-20-9-7-11/h2-5,11H,6-10,17H2,1H3,(H,18,19). The summed E-state index contributed by atoms with van der Waals surface area (Å²) in [5.41, 5.74) is 6.06. The number of rotatable bonds is 4. The van der Waals surface area contributed by atoms with Crippen molar-refractivity contribution in [1.29, 1.82) is 0 Å². The van der Waals surface area contributed by atoms with Gasteiger partial charge in [0.25, 0.3) is 0 Å². The number of nitrogens with two attached hydrogens (primary N) is 1. The second-order valence-electron chi connectivity index (χ2n) is 5.48. The largest absolute Gasteiger partial charge is 0.354 e. The van der Waals surface area contributed by atoms with Gasteiger partial charge in [0.1, 0.15) is 5.54 Å². The number of benzene rings is 1. The Morgan fingerprint density at radius 2 is 2.00 bits per heavy atom. The van der Waals surface area contributed by atoms with Crippen molar-refractivity contribution in [2.45, 2.75) is 25.3 Å². The lowest BCUT2D eigenvalue weighted by atomic mass is 9.92. The van der Waals surface area contributed by atoms with Crippen molar-refractivity contribution in [1.82, 2.24) is 5.32 Å². The minimum Gasteiger partial charge on any atom is -0.354 e. The molecule has 5 heteroatoms. The first-order chi connectivity index (χ1) is 9.50. The van der Waals surface area contributed by atoms with Crippen LogP contribution in [0.2, 0.25) is 0 Å². The molecule has 0 aromatic heterocycles. The average molecular weight is 357 g/mol. The summed E-state index contributed by atoms with van der Waals surface area (Å²) >= 11 is 5.38. The zero-order valence-electron chi connectivity index (χ0n) is 11.7. The van der Waals surface area contributed by atoms with Crippen LogP contribution < -0.4 is 11.1 Å². The Bertz CT molecular complexity index is 455. The molecule has 0 bridgehead atoms. The van der Waals surface area contributed by atoms with Gasteiger partial charge in [0.2, 0.25) is 5.91 Å². The average Bonchev–Trinajstić information content (AvgIpc) is 2.46. The number of thioether (sulfide) groups is 1. The summed E-state index contributed by atoms with van der Waals surface area (Å²) in [6.07, 6.45) is 2.37. The lowest BCUT2D eigenvalue weighted by Gasteiger charge is -2.27. The maximum Gasteiger partial charge on any atom is 0.244 e. The monoisotopic (exact) mass is 356 g/mol. The molecule has 1 aliphatic rings. The third-order valence-corrected chi connectivity index (χ3v) is 5.39. The van der Waals surface area contributed by atoms with Crippen LogP contribution in [0.15, 0.2) is 28.7 Å². The number of carbonyl (C=O) groups excluding carboxylic acids is 1. The van der Waals surface area contributed by atoms with E-state index >= 15 is 0 Å². The molecule has 1 fully saturated rings. The van der Waals surface area contributed by atoms with E-state index in [4.69, 9.17) is 5.73 Å². The van der Waals surface area contributed by atoms with E-state index in [0.717, 1.165) is 16.6 Å². The second-order valence-corrected chi connectivity index (χ2v) is 7.62. The molecule has 1 amide bonds. The SMILES string of the molecule is CC(N)(C(=O)NCC1CCSCC1)c1ccc(Br)cc1. The lowest BCUT2D eigenvalue weighted by molar-refractivity contribution is -0.126. The van der Waals surface area contributed by atoms with Crippen molar-refractivity contribution in [3.63, 3.8) is 0 Å². The van der Waals surface area contributed by atoms with Gasteiger partial charge >= 0.3 is 0 Å². The molecule has 0 radical (unpaired) electrons. The van der Waals surface area contributed by atoms with Crippen molar-refractivity contribution in [3.8, 4) is 0 Å². The zero-order chi connectivity index (χ0) is 14.6. The van der Waals surface area contributed by atoms with Gasteiger partial charge in [0.15, 0.2) is 0 Å². The van der Waals surface area contributed by atoms with E-state index in [9.17, 15) is 4.79 Å². The van der Waals surface area contributed by atoms with Crippen LogP contribution in [0.5, 0.6) is 0 Å². The Balaban J connectivity index is 1.94. The summed E-state index contributed by atoms with van der Waals surface area (Å²) in [6, 6.07) is 7.60. The van der Waals surface area contributed by atoms with E-state index < -0.39 is 5.54 Å². The van der Waals surface area contributed by atoms with Gasteiger partial charge < -0.3 is 11.1 Å². The minimum atomic E-state index is -0.982. The van der Waals surface area contributed by atoms with Gasteiger partial charge in [-0.2, -0.15) is 11.8 Å². The van der Waals surface area contributed by atoms with Crippen LogP contribution in [-0.2, 0) is 10.3 Å². The molecule has 110 valence electrons. The Hall–Kier alpha value is -0.520. The number of carbonyl (C=O) groups is 1. The van der Waals surface area contributed by atoms with Crippen molar-refractivity contribution in [2.24, 2.45) is 11.7 Å². The van der Waals surface area contributed by atoms with E-state index in [2.05, 4.69) is 21.2 Å². The molecule has 2 rings (SSSR count). The molecule has 1 aromatic carbocycles. The van der Waals surface area contributed by atoms with Gasteiger partial charge in [0.05, 0.1) is 0 Å². The van der Waals surface area contributed by atoms with Crippen LogP contribution in [0, 0.1) is 5.92 Å². The van der Waals surface area contributed by atoms with Crippen molar-refractivity contribution >= 4 is 33.6 Å². The maximum absolute atomic E-state index is 12.3. The van der Waals surface area contributed by atoms with Crippen molar-refractivity contribution < 1.29 is 4.79 Å². The molecular weight excluding hydrogens is 336 g/mol. The van der Waals surface area contributed by atoms with Gasteiger partial charge in [0, 0.05) is 11.0 Å². The fraction of sp³-hybridized carbons (Fsp3) is 0.533. The summed E-state index contributed by atoms with van der Waals surface area (Å²) in [5, 5.41) is 3.02. The zero-order valence-corrected chi connectivity index (χ0v) is 14.1. The van der Waals surface area contributed by atoms with Gasteiger partial charge in [-0.3, -0.25) is 4.79 Å². The van der Waals surface area contributed by atoms with Gasteiger partial charge in [-0.1, -0.05) is 28.1 Å². The molecule has 1 unspecified atom stereocenters. The summed E-state index contributed by atoms with van der Waals surface area (Å²) in [7, 11) is 0. The van der Waals surface area contributed by atoms with Crippen LogP contribution in [-0.4, -0.2) is 24.0 Å². The van der Waals surface area contributed by atoms with Crippen LogP contribution in [0.4, 0.5) is 0 Å². The van der Waals surface area contributed by atoms with Crippen LogP contribution in [0.25, 0.3) is 0 Å². The molecule has 3 N–H and O–H groups in total. The first-order valence-corrected chi connectivity index (χ1v) is 8.86. The quantitative estimate of drug-likeness (QED) is 0.871. The molecule has 0 saturated carbocycles. The summed E-state index contributed by atoms with van der Waals surface area (Å²) in [4.78, 5) is 12.3. The summed E-state index contributed by atoms with van der Waals surface area (Å²) in [5.74, 6) is 2.90. The predicted octanol–water partition coefficient (Wildman–Crippen LogP) is 2.88. The number of hydrogen-bond acceptors (Lipinski definition) is 3. The Labute approximate surface area is 133 Å². The highest BCUT2D eigenvalue weighted by molar-refractivity contribution is 9.10. The van der Waals surface area contributed by atoms with E-state index in [1.54, 1.807) is 6.92 Å². The molecule has 0 aliphatic carbocycles. The fourth-order valence-electron chi connectivity index (χ4n) is 2.30. The number of halogens is 1. The molecule has 1 heterocycles. The summed E-state index contributed by atoms with van der Waals surface area (Å²) < 4.78 is 0.983. The number of amides is 1.